The van der Waals surface area contributed by atoms with E-state index in [1.807, 2.05) is 18.2 Å². The van der Waals surface area contributed by atoms with E-state index in [9.17, 15) is 4.79 Å². The number of hydrogen-bond donors (Lipinski definition) is 0. The third kappa shape index (κ3) is 2.39. The van der Waals surface area contributed by atoms with E-state index < -0.39 is 0 Å². The summed E-state index contributed by atoms with van der Waals surface area (Å²) in [6.45, 7) is 0.214. The van der Waals surface area contributed by atoms with E-state index in [4.69, 9.17) is 14.3 Å². The Labute approximate surface area is 99.1 Å². The summed E-state index contributed by atoms with van der Waals surface area (Å²) >= 11 is 0. The van der Waals surface area contributed by atoms with Crippen LogP contribution in [0.15, 0.2) is 24.3 Å². The predicted molar refractivity (Wildman–Crippen MR) is 61.4 cm³/mol. The van der Waals surface area contributed by atoms with Gasteiger partial charge in [-0.1, -0.05) is 12.1 Å². The number of hydroxylamine groups is 2. The Balaban J connectivity index is 2.17. The molecule has 1 aromatic rings. The van der Waals surface area contributed by atoms with Gasteiger partial charge in [0.15, 0.2) is 11.5 Å². The summed E-state index contributed by atoms with van der Waals surface area (Å²) in [6.07, 6.45) is 3.09. The molecule has 1 amide bonds. The Morgan fingerprint density at radius 2 is 2.29 bits per heavy atom. The van der Waals surface area contributed by atoms with Gasteiger partial charge in [0.25, 0.3) is 5.91 Å². The lowest BCUT2D eigenvalue weighted by Gasteiger charge is -2.10. The van der Waals surface area contributed by atoms with E-state index in [1.165, 1.54) is 13.2 Å². The second-order valence-corrected chi connectivity index (χ2v) is 3.43. The van der Waals surface area contributed by atoms with Crippen molar-refractivity contribution in [1.82, 2.24) is 5.06 Å². The van der Waals surface area contributed by atoms with Gasteiger partial charge < -0.3 is 9.47 Å². The molecule has 0 fully saturated rings. The quantitative estimate of drug-likeness (QED) is 0.587. The van der Waals surface area contributed by atoms with Crippen LogP contribution in [0.25, 0.3) is 6.08 Å². The summed E-state index contributed by atoms with van der Waals surface area (Å²) in [6, 6.07) is 5.52. The highest BCUT2D eigenvalue weighted by Crippen LogP contribution is 2.35. The van der Waals surface area contributed by atoms with Crippen molar-refractivity contribution in [2.75, 3.05) is 21.0 Å². The molecule has 0 atom stereocenters. The van der Waals surface area contributed by atoms with Gasteiger partial charge >= 0.3 is 0 Å². The normalized spacial score (nSPS) is 13.1. The largest absolute Gasteiger partial charge is 0.454 e. The molecule has 0 aliphatic carbocycles. The fraction of sp³-hybridized carbons (Fsp3) is 0.250. The van der Waals surface area contributed by atoms with Crippen molar-refractivity contribution in [2.24, 2.45) is 0 Å². The third-order valence-electron chi connectivity index (χ3n) is 2.42. The molecule has 1 aliphatic rings. The van der Waals surface area contributed by atoms with Crippen molar-refractivity contribution >= 4 is 12.0 Å². The first-order chi connectivity index (χ1) is 8.22. The van der Waals surface area contributed by atoms with Gasteiger partial charge in [0, 0.05) is 18.7 Å². The Morgan fingerprint density at radius 1 is 1.47 bits per heavy atom. The van der Waals surface area contributed by atoms with Crippen LogP contribution in [0, 0.1) is 0 Å². The lowest BCUT2D eigenvalue weighted by Crippen LogP contribution is -2.22. The average Bonchev–Trinajstić information content (AvgIpc) is 2.83. The summed E-state index contributed by atoms with van der Waals surface area (Å²) < 4.78 is 10.6. The highest BCUT2D eigenvalue weighted by atomic mass is 16.7. The molecule has 0 aromatic heterocycles. The van der Waals surface area contributed by atoms with E-state index in [-0.39, 0.29) is 12.7 Å². The van der Waals surface area contributed by atoms with Crippen LogP contribution in [0.1, 0.15) is 5.56 Å². The molecule has 0 bridgehead atoms. The van der Waals surface area contributed by atoms with Gasteiger partial charge in [-0.15, -0.1) is 0 Å². The molecule has 1 aliphatic heterocycles. The van der Waals surface area contributed by atoms with E-state index >= 15 is 0 Å². The first-order valence-electron chi connectivity index (χ1n) is 5.11. The average molecular weight is 235 g/mol. The van der Waals surface area contributed by atoms with Gasteiger partial charge in [-0.25, -0.2) is 5.06 Å². The number of likely N-dealkylation sites (N-methyl/N-ethyl adjacent to an activating group) is 1. The lowest BCUT2D eigenvalue weighted by atomic mass is 10.1. The minimum absolute atomic E-state index is 0.214. The first-order valence-corrected chi connectivity index (χ1v) is 5.11. The fourth-order valence-corrected chi connectivity index (χ4v) is 1.44. The molecule has 0 spiro atoms. The van der Waals surface area contributed by atoms with Crippen LogP contribution in [0.3, 0.4) is 0 Å². The molecule has 0 saturated carbocycles. The Morgan fingerprint density at radius 3 is 3.06 bits per heavy atom. The molecule has 0 N–H and O–H groups in total. The number of fused-ring (bicyclic) bond motifs is 1. The summed E-state index contributed by atoms with van der Waals surface area (Å²) in [7, 11) is 2.98. The zero-order valence-corrected chi connectivity index (χ0v) is 9.67. The number of para-hydroxylation sites is 1. The topological polar surface area (TPSA) is 48.0 Å². The number of ether oxygens (including phenoxy) is 2. The van der Waals surface area contributed by atoms with Gasteiger partial charge in [-0.2, -0.15) is 0 Å². The molecule has 17 heavy (non-hydrogen) atoms. The number of hydrogen-bond acceptors (Lipinski definition) is 4. The van der Waals surface area contributed by atoms with Crippen molar-refractivity contribution in [1.29, 1.82) is 0 Å². The maximum Gasteiger partial charge on any atom is 0.269 e. The second-order valence-electron chi connectivity index (χ2n) is 3.43. The van der Waals surface area contributed by atoms with Gasteiger partial charge in [-0.05, 0) is 12.1 Å². The van der Waals surface area contributed by atoms with Crippen LogP contribution in [0.4, 0.5) is 0 Å². The van der Waals surface area contributed by atoms with E-state index in [0.29, 0.717) is 11.5 Å². The number of amides is 1. The van der Waals surface area contributed by atoms with Gasteiger partial charge in [-0.3, -0.25) is 9.63 Å². The standard InChI is InChI=1S/C12H13NO4/c1-13(15-2)11(14)7-6-9-4-3-5-10-12(9)17-8-16-10/h3-7H,8H2,1-2H3. The highest BCUT2D eigenvalue weighted by Gasteiger charge is 2.15. The maximum atomic E-state index is 11.5. The van der Waals surface area contributed by atoms with Crippen LogP contribution < -0.4 is 9.47 Å². The van der Waals surface area contributed by atoms with Crippen molar-refractivity contribution in [2.45, 2.75) is 0 Å². The SMILES string of the molecule is CON(C)C(=O)C=Cc1cccc2c1OCO2. The van der Waals surface area contributed by atoms with Crippen LogP contribution in [0.2, 0.25) is 0 Å². The minimum Gasteiger partial charge on any atom is -0.454 e. The fourth-order valence-electron chi connectivity index (χ4n) is 1.44. The molecule has 5 nitrogen and oxygen atoms in total. The van der Waals surface area contributed by atoms with Crippen LogP contribution in [-0.4, -0.2) is 31.9 Å². The molecule has 5 heteroatoms. The van der Waals surface area contributed by atoms with Crippen LogP contribution >= 0.6 is 0 Å². The summed E-state index contributed by atoms with van der Waals surface area (Å²) in [5.41, 5.74) is 0.804. The number of nitrogens with zero attached hydrogens (tertiary/aromatic N) is 1. The first kappa shape index (κ1) is 11.5. The van der Waals surface area contributed by atoms with Crippen molar-refractivity contribution in [3.05, 3.63) is 29.8 Å². The van der Waals surface area contributed by atoms with Crippen molar-refractivity contribution < 1.29 is 19.1 Å². The van der Waals surface area contributed by atoms with E-state index in [2.05, 4.69) is 0 Å². The van der Waals surface area contributed by atoms with Gasteiger partial charge in [0.1, 0.15) is 0 Å². The molecule has 90 valence electrons. The number of carbonyl (C=O) groups is 1. The van der Waals surface area contributed by atoms with Gasteiger partial charge in [0.2, 0.25) is 6.79 Å². The second kappa shape index (κ2) is 4.88. The Kier molecular flexibility index (Phi) is 3.30. The monoisotopic (exact) mass is 235 g/mol. The highest BCUT2D eigenvalue weighted by molar-refractivity contribution is 5.91. The maximum absolute atomic E-state index is 11.5. The van der Waals surface area contributed by atoms with E-state index in [1.54, 1.807) is 13.1 Å². The Hall–Kier alpha value is -2.01. The molecule has 0 radical (unpaired) electrons. The minimum atomic E-state index is -0.246. The zero-order valence-electron chi connectivity index (χ0n) is 9.67. The molecule has 1 heterocycles. The number of carbonyl (C=O) groups excluding carboxylic acids is 1. The molecule has 0 saturated heterocycles. The summed E-state index contributed by atoms with van der Waals surface area (Å²) in [4.78, 5) is 16.3. The number of rotatable bonds is 3. The van der Waals surface area contributed by atoms with Crippen LogP contribution in [-0.2, 0) is 9.63 Å². The smallest absolute Gasteiger partial charge is 0.269 e. The molecule has 2 rings (SSSR count). The molecule has 1 aromatic carbocycles. The zero-order chi connectivity index (χ0) is 12.3. The lowest BCUT2D eigenvalue weighted by molar-refractivity contribution is -0.162. The number of benzene rings is 1. The van der Waals surface area contributed by atoms with Gasteiger partial charge in [0.05, 0.1) is 7.11 Å². The molecule has 0 unspecified atom stereocenters. The molecular weight excluding hydrogens is 222 g/mol. The summed E-state index contributed by atoms with van der Waals surface area (Å²) in [5, 5.41) is 1.14. The van der Waals surface area contributed by atoms with Crippen molar-refractivity contribution in [3.8, 4) is 11.5 Å². The molecular formula is C12H13NO4. The third-order valence-corrected chi connectivity index (χ3v) is 2.42. The Bertz CT molecular complexity index is 456. The van der Waals surface area contributed by atoms with E-state index in [0.717, 1.165) is 10.6 Å². The van der Waals surface area contributed by atoms with Crippen LogP contribution in [0.5, 0.6) is 11.5 Å². The van der Waals surface area contributed by atoms with Crippen molar-refractivity contribution in [3.63, 3.8) is 0 Å². The summed E-state index contributed by atoms with van der Waals surface area (Å²) in [5.74, 6) is 1.11. The predicted octanol–water partition coefficient (Wildman–Crippen LogP) is 1.45.